The fourth-order valence-electron chi connectivity index (χ4n) is 3.34. The molecular weight excluding hydrogens is 288 g/mol. The van der Waals surface area contributed by atoms with Crippen molar-refractivity contribution in [3.05, 3.63) is 29.8 Å². The minimum Gasteiger partial charge on any atom is -0.356 e. The molecule has 1 aromatic carbocycles. The minimum atomic E-state index is 0.300. The highest BCUT2D eigenvalue weighted by Gasteiger charge is 2.22. The highest BCUT2D eigenvalue weighted by Crippen LogP contribution is 2.27. The molecule has 0 aromatic heterocycles. The van der Waals surface area contributed by atoms with Gasteiger partial charge in [-0.1, -0.05) is 18.2 Å². The van der Waals surface area contributed by atoms with E-state index in [2.05, 4.69) is 41.4 Å². The first-order chi connectivity index (χ1) is 11.3. The van der Waals surface area contributed by atoms with Gasteiger partial charge in [-0.15, -0.1) is 0 Å². The van der Waals surface area contributed by atoms with Gasteiger partial charge in [-0.25, -0.2) is 0 Å². The summed E-state index contributed by atoms with van der Waals surface area (Å²) in [6, 6.07) is 8.54. The Labute approximate surface area is 138 Å². The SMILES string of the molecule is CCNC(=NCCCN1CCCC1=O)N1CCc2ccccc21. The van der Waals surface area contributed by atoms with Crippen molar-refractivity contribution in [3.63, 3.8) is 0 Å². The van der Waals surface area contributed by atoms with Gasteiger partial charge in [0.1, 0.15) is 0 Å². The van der Waals surface area contributed by atoms with Gasteiger partial charge in [-0.3, -0.25) is 9.79 Å². The predicted octanol–water partition coefficient (Wildman–Crippen LogP) is 2.03. The number of fused-ring (bicyclic) bond motifs is 1. The highest BCUT2D eigenvalue weighted by atomic mass is 16.2. The molecule has 0 atom stereocenters. The normalized spacial score (nSPS) is 17.8. The molecule has 2 aliphatic rings. The van der Waals surface area contributed by atoms with Crippen molar-refractivity contribution in [1.29, 1.82) is 0 Å². The molecular formula is C18H26N4O. The van der Waals surface area contributed by atoms with E-state index in [1.807, 2.05) is 4.90 Å². The van der Waals surface area contributed by atoms with Crippen LogP contribution in [-0.4, -0.2) is 49.5 Å². The third kappa shape index (κ3) is 3.66. The van der Waals surface area contributed by atoms with Crippen molar-refractivity contribution in [2.24, 2.45) is 4.99 Å². The molecule has 2 aliphatic heterocycles. The number of nitrogens with zero attached hydrogens (tertiary/aromatic N) is 3. The van der Waals surface area contributed by atoms with E-state index in [4.69, 9.17) is 4.99 Å². The van der Waals surface area contributed by atoms with Crippen LogP contribution in [0.25, 0.3) is 0 Å². The lowest BCUT2D eigenvalue weighted by Gasteiger charge is -2.22. The molecule has 0 unspecified atom stereocenters. The zero-order valence-electron chi connectivity index (χ0n) is 13.9. The third-order valence-corrected chi connectivity index (χ3v) is 4.50. The molecule has 1 saturated heterocycles. The van der Waals surface area contributed by atoms with Gasteiger partial charge in [0, 0.05) is 44.8 Å². The monoisotopic (exact) mass is 314 g/mol. The van der Waals surface area contributed by atoms with Gasteiger partial charge >= 0.3 is 0 Å². The number of benzene rings is 1. The molecule has 0 aliphatic carbocycles. The maximum atomic E-state index is 11.6. The van der Waals surface area contributed by atoms with E-state index in [-0.39, 0.29) is 0 Å². The fourth-order valence-corrected chi connectivity index (χ4v) is 3.34. The molecule has 3 rings (SSSR count). The Balaban J connectivity index is 1.59. The largest absolute Gasteiger partial charge is 0.356 e. The summed E-state index contributed by atoms with van der Waals surface area (Å²) in [6.07, 6.45) is 3.73. The summed E-state index contributed by atoms with van der Waals surface area (Å²) in [5.74, 6) is 1.26. The Morgan fingerprint density at radius 2 is 2.13 bits per heavy atom. The van der Waals surface area contributed by atoms with E-state index in [0.29, 0.717) is 5.91 Å². The first kappa shape index (κ1) is 15.8. The fraction of sp³-hybridized carbons (Fsp3) is 0.556. The lowest BCUT2D eigenvalue weighted by molar-refractivity contribution is -0.127. The lowest BCUT2D eigenvalue weighted by atomic mass is 10.2. The molecule has 5 nitrogen and oxygen atoms in total. The van der Waals surface area contributed by atoms with Gasteiger partial charge < -0.3 is 15.1 Å². The smallest absolute Gasteiger partial charge is 0.222 e. The maximum Gasteiger partial charge on any atom is 0.222 e. The zero-order chi connectivity index (χ0) is 16.1. The Hall–Kier alpha value is -2.04. The van der Waals surface area contributed by atoms with Crippen molar-refractivity contribution in [2.75, 3.05) is 37.6 Å². The molecule has 0 spiro atoms. The number of anilines is 1. The van der Waals surface area contributed by atoms with Crippen LogP contribution in [0.3, 0.4) is 0 Å². The summed E-state index contributed by atoms with van der Waals surface area (Å²) >= 11 is 0. The number of guanidine groups is 1. The summed E-state index contributed by atoms with van der Waals surface area (Å²) in [4.78, 5) is 20.6. The number of carbonyl (C=O) groups excluding carboxylic acids is 1. The average Bonchev–Trinajstić information content (AvgIpc) is 3.17. The summed E-state index contributed by atoms with van der Waals surface area (Å²) in [7, 11) is 0. The Bertz CT molecular complexity index is 584. The van der Waals surface area contributed by atoms with Gasteiger partial charge in [0.15, 0.2) is 5.96 Å². The van der Waals surface area contributed by atoms with Gasteiger partial charge in [0.2, 0.25) is 5.91 Å². The molecule has 0 saturated carbocycles. The predicted molar refractivity (Wildman–Crippen MR) is 93.9 cm³/mol. The number of carbonyl (C=O) groups is 1. The number of para-hydroxylation sites is 1. The summed E-state index contributed by atoms with van der Waals surface area (Å²) < 4.78 is 0. The molecule has 1 N–H and O–H groups in total. The molecule has 2 heterocycles. The topological polar surface area (TPSA) is 47.9 Å². The van der Waals surface area contributed by atoms with E-state index >= 15 is 0 Å². The van der Waals surface area contributed by atoms with Crippen LogP contribution in [0.15, 0.2) is 29.3 Å². The summed E-state index contributed by atoms with van der Waals surface area (Å²) in [5.41, 5.74) is 2.66. The molecule has 1 amide bonds. The van der Waals surface area contributed by atoms with E-state index in [0.717, 1.165) is 64.4 Å². The van der Waals surface area contributed by atoms with Gasteiger partial charge in [0.05, 0.1) is 0 Å². The molecule has 1 aromatic rings. The van der Waals surface area contributed by atoms with E-state index < -0.39 is 0 Å². The molecule has 0 bridgehead atoms. The Kier molecular flexibility index (Phi) is 5.16. The zero-order valence-corrected chi connectivity index (χ0v) is 13.9. The number of hydrogen-bond acceptors (Lipinski definition) is 2. The second-order valence-electron chi connectivity index (χ2n) is 6.10. The van der Waals surface area contributed by atoms with Crippen LogP contribution in [0.4, 0.5) is 5.69 Å². The molecule has 5 heteroatoms. The molecule has 23 heavy (non-hydrogen) atoms. The van der Waals surface area contributed by atoms with Crippen molar-refractivity contribution in [1.82, 2.24) is 10.2 Å². The van der Waals surface area contributed by atoms with Gasteiger partial charge in [-0.05, 0) is 37.8 Å². The van der Waals surface area contributed by atoms with Crippen LogP contribution >= 0.6 is 0 Å². The van der Waals surface area contributed by atoms with Crippen molar-refractivity contribution in [3.8, 4) is 0 Å². The highest BCUT2D eigenvalue weighted by molar-refractivity contribution is 5.97. The number of hydrogen-bond donors (Lipinski definition) is 1. The van der Waals surface area contributed by atoms with Crippen LogP contribution < -0.4 is 10.2 Å². The van der Waals surface area contributed by atoms with Crippen LogP contribution in [0.2, 0.25) is 0 Å². The van der Waals surface area contributed by atoms with Gasteiger partial charge in [0.25, 0.3) is 0 Å². The minimum absolute atomic E-state index is 0.300. The number of aliphatic imine (C=N–C) groups is 1. The summed E-state index contributed by atoms with van der Waals surface area (Å²) in [5, 5.41) is 3.40. The van der Waals surface area contributed by atoms with Crippen LogP contribution in [0, 0.1) is 0 Å². The van der Waals surface area contributed by atoms with Crippen molar-refractivity contribution >= 4 is 17.6 Å². The maximum absolute atomic E-state index is 11.6. The van der Waals surface area contributed by atoms with Crippen LogP contribution in [0.5, 0.6) is 0 Å². The quantitative estimate of drug-likeness (QED) is 0.514. The average molecular weight is 314 g/mol. The Morgan fingerprint density at radius 3 is 2.91 bits per heavy atom. The second-order valence-corrected chi connectivity index (χ2v) is 6.10. The number of nitrogens with one attached hydrogen (secondary N) is 1. The third-order valence-electron chi connectivity index (χ3n) is 4.50. The first-order valence-corrected chi connectivity index (χ1v) is 8.71. The standard InChI is InChI=1S/C18H26N4O/c1-2-19-18(20-11-6-13-21-12-5-9-17(21)23)22-14-10-15-7-3-4-8-16(15)22/h3-4,7-8H,2,5-6,9-14H2,1H3,(H,19,20). The van der Waals surface area contributed by atoms with Crippen molar-refractivity contribution in [2.45, 2.75) is 32.6 Å². The molecule has 0 radical (unpaired) electrons. The number of amides is 1. The van der Waals surface area contributed by atoms with E-state index in [9.17, 15) is 4.79 Å². The van der Waals surface area contributed by atoms with Gasteiger partial charge in [-0.2, -0.15) is 0 Å². The van der Waals surface area contributed by atoms with Crippen LogP contribution in [0.1, 0.15) is 31.7 Å². The Morgan fingerprint density at radius 1 is 1.26 bits per heavy atom. The second kappa shape index (κ2) is 7.49. The summed E-state index contributed by atoms with van der Waals surface area (Å²) in [6.45, 7) is 6.45. The van der Waals surface area contributed by atoms with E-state index in [1.54, 1.807) is 0 Å². The van der Waals surface area contributed by atoms with E-state index in [1.165, 1.54) is 11.3 Å². The number of likely N-dealkylation sites (tertiary alicyclic amines) is 1. The number of rotatable bonds is 5. The molecule has 1 fully saturated rings. The lowest BCUT2D eigenvalue weighted by Crippen LogP contribution is -2.40. The first-order valence-electron chi connectivity index (χ1n) is 8.71. The van der Waals surface area contributed by atoms with Crippen LogP contribution in [-0.2, 0) is 11.2 Å². The molecule has 124 valence electrons. The van der Waals surface area contributed by atoms with Crippen molar-refractivity contribution < 1.29 is 4.79 Å².